The van der Waals surface area contributed by atoms with Gasteiger partial charge in [0, 0.05) is 19.5 Å². The van der Waals surface area contributed by atoms with Crippen molar-refractivity contribution in [3.8, 4) is 0 Å². The molecule has 1 aromatic rings. The van der Waals surface area contributed by atoms with Crippen LogP contribution in [-0.2, 0) is 30.4 Å². The van der Waals surface area contributed by atoms with Crippen molar-refractivity contribution in [3.63, 3.8) is 0 Å². The summed E-state index contributed by atoms with van der Waals surface area (Å²) in [6.07, 6.45) is 2.17. The SMILES string of the molecule is O=CC(CC(=O)O)NC(=O)C1CCCN2CCC(NC(=O)CCc3ccccc3)C(=O)N12. The van der Waals surface area contributed by atoms with E-state index in [1.54, 1.807) is 5.01 Å². The van der Waals surface area contributed by atoms with Crippen molar-refractivity contribution in [2.24, 2.45) is 0 Å². The van der Waals surface area contributed by atoms with Crippen molar-refractivity contribution in [3.05, 3.63) is 35.9 Å². The van der Waals surface area contributed by atoms with E-state index in [9.17, 15) is 24.0 Å². The van der Waals surface area contributed by atoms with Gasteiger partial charge in [-0.3, -0.25) is 24.2 Å². The predicted octanol–water partition coefficient (Wildman–Crippen LogP) is -0.126. The normalized spacial score (nSPS) is 21.9. The van der Waals surface area contributed by atoms with E-state index in [2.05, 4.69) is 10.6 Å². The van der Waals surface area contributed by atoms with E-state index >= 15 is 0 Å². The van der Waals surface area contributed by atoms with Crippen LogP contribution < -0.4 is 10.6 Å². The van der Waals surface area contributed by atoms with Crippen LogP contribution in [0, 0.1) is 0 Å². The van der Waals surface area contributed by atoms with E-state index in [4.69, 9.17) is 5.11 Å². The highest BCUT2D eigenvalue weighted by molar-refractivity contribution is 5.93. The molecular weight excluding hydrogens is 416 g/mol. The lowest BCUT2D eigenvalue weighted by Crippen LogP contribution is -2.68. The van der Waals surface area contributed by atoms with Gasteiger partial charge in [-0.25, -0.2) is 5.01 Å². The number of fused-ring (bicyclic) bond motifs is 1. The molecule has 0 aliphatic carbocycles. The third-order valence-corrected chi connectivity index (χ3v) is 5.70. The molecule has 0 radical (unpaired) electrons. The Kier molecular flexibility index (Phi) is 7.93. The minimum absolute atomic E-state index is 0.235. The number of hydrogen-bond donors (Lipinski definition) is 3. The fourth-order valence-electron chi connectivity index (χ4n) is 4.11. The zero-order chi connectivity index (χ0) is 23.1. The molecule has 3 atom stereocenters. The highest BCUT2D eigenvalue weighted by atomic mass is 16.4. The maximum Gasteiger partial charge on any atom is 0.305 e. The van der Waals surface area contributed by atoms with E-state index in [0.29, 0.717) is 45.1 Å². The molecule has 2 heterocycles. The number of hydrazine groups is 1. The lowest BCUT2D eigenvalue weighted by atomic mass is 10.0. The van der Waals surface area contributed by atoms with E-state index < -0.39 is 36.4 Å². The van der Waals surface area contributed by atoms with E-state index in [1.807, 2.05) is 30.3 Å². The maximum atomic E-state index is 13.1. The van der Waals surface area contributed by atoms with Crippen LogP contribution >= 0.6 is 0 Å². The minimum Gasteiger partial charge on any atom is -0.481 e. The van der Waals surface area contributed by atoms with Gasteiger partial charge in [0.2, 0.25) is 11.8 Å². The third kappa shape index (κ3) is 5.91. The standard InChI is InChI=1S/C22H28N4O6/c27-14-16(13-20(29)30)23-21(31)18-7-4-11-25-12-10-17(22(32)26(18)25)24-19(28)9-8-15-5-2-1-3-6-15/h1-3,5-6,14,16-18H,4,7-13H2,(H,23,31)(H,24,28)(H,29,30). The molecule has 3 amide bonds. The molecule has 2 saturated heterocycles. The summed E-state index contributed by atoms with van der Waals surface area (Å²) >= 11 is 0. The number of aryl methyl sites for hydroxylation is 1. The van der Waals surface area contributed by atoms with E-state index in [-0.39, 0.29) is 18.2 Å². The average Bonchev–Trinajstić information content (AvgIpc) is 2.79. The van der Waals surface area contributed by atoms with Crippen LogP contribution in [0.3, 0.4) is 0 Å². The van der Waals surface area contributed by atoms with Crippen LogP contribution in [0.15, 0.2) is 30.3 Å². The summed E-state index contributed by atoms with van der Waals surface area (Å²) < 4.78 is 0. The first-order valence-electron chi connectivity index (χ1n) is 10.8. The molecule has 2 fully saturated rings. The summed E-state index contributed by atoms with van der Waals surface area (Å²) in [6.45, 7) is 1.11. The number of rotatable bonds is 9. The summed E-state index contributed by atoms with van der Waals surface area (Å²) in [7, 11) is 0. The fraction of sp³-hybridized carbons (Fsp3) is 0.500. The number of aldehydes is 1. The van der Waals surface area contributed by atoms with Crippen LogP contribution in [0.4, 0.5) is 0 Å². The van der Waals surface area contributed by atoms with Crippen LogP contribution in [0.5, 0.6) is 0 Å². The molecule has 2 aliphatic rings. The van der Waals surface area contributed by atoms with Gasteiger partial charge in [0.15, 0.2) is 0 Å². The zero-order valence-electron chi connectivity index (χ0n) is 17.7. The van der Waals surface area contributed by atoms with Crippen molar-refractivity contribution in [2.45, 2.75) is 56.7 Å². The van der Waals surface area contributed by atoms with E-state index in [1.165, 1.54) is 5.01 Å². The largest absolute Gasteiger partial charge is 0.481 e. The first-order valence-corrected chi connectivity index (χ1v) is 10.8. The van der Waals surface area contributed by atoms with Crippen molar-refractivity contribution in [2.75, 3.05) is 13.1 Å². The van der Waals surface area contributed by atoms with Gasteiger partial charge in [-0.15, -0.1) is 0 Å². The lowest BCUT2D eigenvalue weighted by molar-refractivity contribution is -0.177. The Morgan fingerprint density at radius 3 is 2.59 bits per heavy atom. The van der Waals surface area contributed by atoms with Crippen molar-refractivity contribution >= 4 is 30.0 Å². The first kappa shape index (κ1) is 23.4. The number of carbonyl (C=O) groups is 5. The molecule has 3 N–H and O–H groups in total. The Morgan fingerprint density at radius 1 is 1.16 bits per heavy atom. The second-order valence-electron chi connectivity index (χ2n) is 8.04. The molecular formula is C22H28N4O6. The quantitative estimate of drug-likeness (QED) is 0.452. The van der Waals surface area contributed by atoms with Crippen molar-refractivity contribution in [1.29, 1.82) is 0 Å². The van der Waals surface area contributed by atoms with Gasteiger partial charge < -0.3 is 20.5 Å². The number of carbonyl (C=O) groups excluding carboxylic acids is 4. The van der Waals surface area contributed by atoms with Crippen LogP contribution in [-0.4, -0.2) is 76.3 Å². The Hall–Kier alpha value is -3.27. The van der Waals surface area contributed by atoms with Crippen LogP contribution in [0.2, 0.25) is 0 Å². The van der Waals surface area contributed by atoms with Gasteiger partial charge in [-0.05, 0) is 31.2 Å². The minimum atomic E-state index is -1.21. The number of hydrogen-bond acceptors (Lipinski definition) is 6. The molecule has 0 aromatic heterocycles. The number of carboxylic acid groups (broad SMARTS) is 1. The smallest absolute Gasteiger partial charge is 0.305 e. The number of carboxylic acids is 1. The second kappa shape index (κ2) is 10.9. The fourth-order valence-corrected chi connectivity index (χ4v) is 4.11. The van der Waals surface area contributed by atoms with Gasteiger partial charge in [0.1, 0.15) is 18.4 Å². The summed E-state index contributed by atoms with van der Waals surface area (Å²) in [6, 6.07) is 6.83. The van der Waals surface area contributed by atoms with Crippen LogP contribution in [0.1, 0.15) is 37.7 Å². The summed E-state index contributed by atoms with van der Waals surface area (Å²) in [5.74, 6) is -2.39. The molecule has 10 heteroatoms. The Balaban J connectivity index is 1.61. The molecule has 0 spiro atoms. The number of benzene rings is 1. The predicted molar refractivity (Wildman–Crippen MR) is 113 cm³/mol. The molecule has 172 valence electrons. The Labute approximate surface area is 185 Å². The maximum absolute atomic E-state index is 13.1. The van der Waals surface area contributed by atoms with E-state index in [0.717, 1.165) is 5.56 Å². The van der Waals surface area contributed by atoms with Gasteiger partial charge in [-0.2, -0.15) is 0 Å². The van der Waals surface area contributed by atoms with Crippen LogP contribution in [0.25, 0.3) is 0 Å². The summed E-state index contributed by atoms with van der Waals surface area (Å²) in [5, 5.41) is 17.2. The summed E-state index contributed by atoms with van der Waals surface area (Å²) in [4.78, 5) is 60.3. The lowest BCUT2D eigenvalue weighted by Gasteiger charge is -2.48. The molecule has 1 aromatic carbocycles. The van der Waals surface area contributed by atoms with Gasteiger partial charge in [-0.1, -0.05) is 30.3 Å². The number of aliphatic carboxylic acids is 1. The van der Waals surface area contributed by atoms with Crippen molar-refractivity contribution < 1.29 is 29.1 Å². The second-order valence-corrected chi connectivity index (χ2v) is 8.04. The number of amides is 3. The monoisotopic (exact) mass is 444 g/mol. The highest BCUT2D eigenvalue weighted by Crippen LogP contribution is 2.24. The zero-order valence-corrected chi connectivity index (χ0v) is 17.7. The molecule has 32 heavy (non-hydrogen) atoms. The van der Waals surface area contributed by atoms with Gasteiger partial charge >= 0.3 is 5.97 Å². The third-order valence-electron chi connectivity index (χ3n) is 5.70. The molecule has 0 saturated carbocycles. The highest BCUT2D eigenvalue weighted by Gasteiger charge is 2.43. The Morgan fingerprint density at radius 2 is 1.91 bits per heavy atom. The first-order chi connectivity index (χ1) is 15.4. The topological polar surface area (TPSA) is 136 Å². The molecule has 3 unspecified atom stereocenters. The van der Waals surface area contributed by atoms with Gasteiger partial charge in [0.05, 0.1) is 12.5 Å². The van der Waals surface area contributed by atoms with Crippen molar-refractivity contribution in [1.82, 2.24) is 20.7 Å². The molecule has 0 bridgehead atoms. The average molecular weight is 444 g/mol. The van der Waals surface area contributed by atoms with Gasteiger partial charge in [0.25, 0.3) is 5.91 Å². The molecule has 2 aliphatic heterocycles. The number of nitrogens with one attached hydrogen (secondary N) is 2. The summed E-state index contributed by atoms with van der Waals surface area (Å²) in [5.41, 5.74) is 1.03. The molecule has 10 nitrogen and oxygen atoms in total. The molecule has 3 rings (SSSR count). The number of nitrogens with zero attached hydrogens (tertiary/aromatic N) is 2. The Bertz CT molecular complexity index is 861.